The molecule has 7 nitrogen and oxygen atoms in total. The Morgan fingerprint density at radius 1 is 1.44 bits per heavy atom. The topological polar surface area (TPSA) is 120 Å². The number of nitro groups is 1. The van der Waals surface area contributed by atoms with E-state index in [0.29, 0.717) is 0 Å². The zero-order chi connectivity index (χ0) is 12.5. The summed E-state index contributed by atoms with van der Waals surface area (Å²) in [5.41, 5.74) is 4.30. The number of benzene rings is 1. The van der Waals surface area contributed by atoms with Gasteiger partial charge in [0.15, 0.2) is 9.84 Å². The van der Waals surface area contributed by atoms with Crippen LogP contribution in [-0.4, -0.2) is 25.5 Å². The molecular formula is C8H8N2O5S. The zero-order valence-electron chi connectivity index (χ0n) is 8.21. The number of primary amides is 1. The smallest absolute Gasteiger partial charge is 0.270 e. The number of rotatable bonds is 3. The second-order valence-electron chi connectivity index (χ2n) is 3.07. The van der Waals surface area contributed by atoms with Gasteiger partial charge in [0.25, 0.3) is 5.69 Å². The van der Waals surface area contributed by atoms with Crippen molar-refractivity contribution in [1.82, 2.24) is 0 Å². The molecule has 0 radical (unpaired) electrons. The summed E-state index contributed by atoms with van der Waals surface area (Å²) in [6, 6.07) is 2.86. The van der Waals surface area contributed by atoms with Crippen molar-refractivity contribution in [3.63, 3.8) is 0 Å². The Labute approximate surface area is 90.9 Å². The van der Waals surface area contributed by atoms with Gasteiger partial charge in [-0.25, -0.2) is 8.42 Å². The molecule has 1 aromatic carbocycles. The van der Waals surface area contributed by atoms with Gasteiger partial charge in [-0.2, -0.15) is 0 Å². The monoisotopic (exact) mass is 244 g/mol. The summed E-state index contributed by atoms with van der Waals surface area (Å²) in [5, 5.41) is 10.5. The van der Waals surface area contributed by atoms with Crippen LogP contribution in [0.4, 0.5) is 5.69 Å². The van der Waals surface area contributed by atoms with Crippen LogP contribution in [0.5, 0.6) is 0 Å². The largest absolute Gasteiger partial charge is 0.366 e. The van der Waals surface area contributed by atoms with Gasteiger partial charge < -0.3 is 5.73 Å². The SMILES string of the molecule is CS(=O)(=O)c1cc([N+](=O)[O-])ccc1C(N)=O. The van der Waals surface area contributed by atoms with E-state index in [1.807, 2.05) is 0 Å². The number of carbonyl (C=O) groups is 1. The average molecular weight is 244 g/mol. The number of nitrogens with zero attached hydrogens (tertiary/aromatic N) is 1. The number of amides is 1. The van der Waals surface area contributed by atoms with Crippen molar-refractivity contribution in [3.8, 4) is 0 Å². The Hall–Kier alpha value is -1.96. The molecule has 0 heterocycles. The maximum Gasteiger partial charge on any atom is 0.270 e. The normalized spacial score (nSPS) is 11.1. The molecular weight excluding hydrogens is 236 g/mol. The van der Waals surface area contributed by atoms with E-state index < -0.39 is 31.3 Å². The lowest BCUT2D eigenvalue weighted by Gasteiger charge is -2.03. The molecule has 0 fully saturated rings. The van der Waals surface area contributed by atoms with Crippen molar-refractivity contribution in [2.24, 2.45) is 5.73 Å². The van der Waals surface area contributed by atoms with Gasteiger partial charge >= 0.3 is 0 Å². The molecule has 0 aromatic heterocycles. The Morgan fingerprint density at radius 3 is 2.38 bits per heavy atom. The maximum atomic E-state index is 11.3. The van der Waals surface area contributed by atoms with Crippen LogP contribution < -0.4 is 5.73 Å². The van der Waals surface area contributed by atoms with E-state index in [2.05, 4.69) is 0 Å². The van der Waals surface area contributed by atoms with Crippen LogP contribution in [-0.2, 0) is 9.84 Å². The fourth-order valence-electron chi connectivity index (χ4n) is 1.13. The van der Waals surface area contributed by atoms with Gasteiger partial charge in [0.2, 0.25) is 5.91 Å². The molecule has 86 valence electrons. The number of non-ortho nitro benzene ring substituents is 1. The third kappa shape index (κ3) is 2.34. The van der Waals surface area contributed by atoms with Crippen LogP contribution in [0.1, 0.15) is 10.4 Å². The Bertz CT molecular complexity index is 564. The summed E-state index contributed by atoms with van der Waals surface area (Å²) in [7, 11) is -3.74. The first-order valence-electron chi connectivity index (χ1n) is 4.02. The number of hydrogen-bond donors (Lipinski definition) is 1. The molecule has 0 unspecified atom stereocenters. The van der Waals surface area contributed by atoms with Crippen LogP contribution in [0.2, 0.25) is 0 Å². The second-order valence-corrected chi connectivity index (χ2v) is 5.06. The third-order valence-corrected chi connectivity index (χ3v) is 2.98. The lowest BCUT2D eigenvalue weighted by molar-refractivity contribution is -0.385. The first-order valence-corrected chi connectivity index (χ1v) is 5.91. The molecule has 0 spiro atoms. The molecule has 0 aliphatic carbocycles. The molecule has 0 bridgehead atoms. The predicted molar refractivity (Wildman–Crippen MR) is 54.7 cm³/mol. The highest BCUT2D eigenvalue weighted by Gasteiger charge is 2.20. The average Bonchev–Trinajstić information content (AvgIpc) is 2.15. The van der Waals surface area contributed by atoms with Crippen molar-refractivity contribution in [2.75, 3.05) is 6.26 Å². The highest BCUT2D eigenvalue weighted by Crippen LogP contribution is 2.21. The Morgan fingerprint density at radius 2 is 2.00 bits per heavy atom. The zero-order valence-corrected chi connectivity index (χ0v) is 9.02. The van der Waals surface area contributed by atoms with E-state index in [-0.39, 0.29) is 5.56 Å². The van der Waals surface area contributed by atoms with Crippen molar-refractivity contribution in [2.45, 2.75) is 4.90 Å². The standard InChI is InChI=1S/C8H8N2O5S/c1-16(14,15)7-4-5(10(12)13)2-3-6(7)8(9)11/h2-4H,1H3,(H2,9,11). The lowest BCUT2D eigenvalue weighted by atomic mass is 10.2. The molecule has 0 atom stereocenters. The van der Waals surface area contributed by atoms with Gasteiger partial charge in [0, 0.05) is 18.4 Å². The van der Waals surface area contributed by atoms with E-state index in [9.17, 15) is 23.3 Å². The highest BCUT2D eigenvalue weighted by molar-refractivity contribution is 7.90. The van der Waals surface area contributed by atoms with Gasteiger partial charge in [-0.15, -0.1) is 0 Å². The summed E-state index contributed by atoms with van der Waals surface area (Å²) in [6.07, 6.45) is 0.846. The lowest BCUT2D eigenvalue weighted by Crippen LogP contribution is -2.16. The summed E-state index contributed by atoms with van der Waals surface area (Å²) in [5.74, 6) is -0.949. The predicted octanol–water partition coefficient (Wildman–Crippen LogP) is 0.0972. The molecule has 0 saturated heterocycles. The maximum absolute atomic E-state index is 11.3. The number of nitrogens with two attached hydrogens (primary N) is 1. The van der Waals surface area contributed by atoms with Crippen LogP contribution in [0.25, 0.3) is 0 Å². The fraction of sp³-hybridized carbons (Fsp3) is 0.125. The number of hydrogen-bond acceptors (Lipinski definition) is 5. The van der Waals surface area contributed by atoms with Gasteiger partial charge in [-0.1, -0.05) is 0 Å². The molecule has 0 aliphatic rings. The van der Waals surface area contributed by atoms with Gasteiger partial charge in [-0.3, -0.25) is 14.9 Å². The minimum absolute atomic E-state index is 0.256. The molecule has 1 aromatic rings. The Balaban J connectivity index is 3.58. The molecule has 0 saturated carbocycles. The minimum Gasteiger partial charge on any atom is -0.366 e. The van der Waals surface area contributed by atoms with Crippen LogP contribution in [0.3, 0.4) is 0 Å². The molecule has 1 amide bonds. The van der Waals surface area contributed by atoms with Crippen molar-refractivity contribution >= 4 is 21.4 Å². The van der Waals surface area contributed by atoms with E-state index in [1.165, 1.54) is 0 Å². The van der Waals surface area contributed by atoms with Crippen molar-refractivity contribution in [1.29, 1.82) is 0 Å². The quantitative estimate of drug-likeness (QED) is 0.597. The van der Waals surface area contributed by atoms with Crippen molar-refractivity contribution in [3.05, 3.63) is 33.9 Å². The van der Waals surface area contributed by atoms with Crippen molar-refractivity contribution < 1.29 is 18.1 Å². The third-order valence-electron chi connectivity index (χ3n) is 1.84. The van der Waals surface area contributed by atoms with Gasteiger partial charge in [0.1, 0.15) is 0 Å². The molecule has 0 aliphatic heterocycles. The minimum atomic E-state index is -3.74. The van der Waals surface area contributed by atoms with Gasteiger partial charge in [0.05, 0.1) is 15.4 Å². The van der Waals surface area contributed by atoms with Crippen LogP contribution >= 0.6 is 0 Å². The first-order chi connectivity index (χ1) is 7.23. The number of sulfone groups is 1. The summed E-state index contributed by atoms with van der Waals surface area (Å²) < 4.78 is 22.6. The summed E-state index contributed by atoms with van der Waals surface area (Å²) >= 11 is 0. The first kappa shape index (κ1) is 12.1. The van der Waals surface area contributed by atoms with Crippen LogP contribution in [0.15, 0.2) is 23.1 Å². The Kier molecular flexibility index (Phi) is 2.95. The van der Waals surface area contributed by atoms with Gasteiger partial charge in [-0.05, 0) is 6.07 Å². The molecule has 2 N–H and O–H groups in total. The van der Waals surface area contributed by atoms with E-state index in [0.717, 1.165) is 24.5 Å². The molecule has 1 rings (SSSR count). The number of nitro benzene ring substituents is 1. The second kappa shape index (κ2) is 3.89. The highest BCUT2D eigenvalue weighted by atomic mass is 32.2. The van der Waals surface area contributed by atoms with E-state index >= 15 is 0 Å². The summed E-state index contributed by atoms with van der Waals surface area (Å²) in [4.78, 5) is 20.2. The fourth-order valence-corrected chi connectivity index (χ4v) is 2.04. The van der Waals surface area contributed by atoms with Crippen LogP contribution in [0, 0.1) is 10.1 Å². The molecule has 16 heavy (non-hydrogen) atoms. The number of carbonyl (C=O) groups excluding carboxylic acids is 1. The van der Waals surface area contributed by atoms with E-state index in [1.54, 1.807) is 0 Å². The molecule has 8 heteroatoms. The summed E-state index contributed by atoms with van der Waals surface area (Å²) in [6.45, 7) is 0. The van der Waals surface area contributed by atoms with E-state index in [4.69, 9.17) is 5.73 Å².